The van der Waals surface area contributed by atoms with E-state index < -0.39 is 0 Å². The minimum Gasteiger partial charge on any atom is -0.464 e. The topological polar surface area (TPSA) is 66.3 Å². The van der Waals surface area contributed by atoms with E-state index in [0.29, 0.717) is 35.2 Å². The van der Waals surface area contributed by atoms with Gasteiger partial charge >= 0.3 is 0 Å². The van der Waals surface area contributed by atoms with Gasteiger partial charge in [-0.25, -0.2) is 0 Å². The molecule has 0 aromatic carbocycles. The van der Waals surface area contributed by atoms with Gasteiger partial charge in [0.25, 0.3) is 5.91 Å². The molecule has 0 bridgehead atoms. The predicted molar refractivity (Wildman–Crippen MR) is 91.3 cm³/mol. The number of carbonyl (C=O) groups excluding carboxylic acids is 2. The van der Waals surface area contributed by atoms with E-state index in [2.05, 4.69) is 11.9 Å². The van der Waals surface area contributed by atoms with Gasteiger partial charge in [-0.2, -0.15) is 0 Å². The fourth-order valence-electron chi connectivity index (χ4n) is 3.39. The standard InChI is InChI=1S/C19H24N2O3/c1-10-8-15(10)16-7-6-14(24-16)9-21(5)19(23)18-11(2)17(13(4)22)12(3)20-18/h6-7,10,15,20H,8-9H2,1-5H3. The number of hydrogen-bond acceptors (Lipinski definition) is 3. The minimum absolute atomic E-state index is 0.0304. The monoisotopic (exact) mass is 328 g/mol. The third-order valence-electron chi connectivity index (χ3n) is 4.90. The van der Waals surface area contributed by atoms with Gasteiger partial charge in [0.15, 0.2) is 5.78 Å². The smallest absolute Gasteiger partial charge is 0.270 e. The molecule has 2 heterocycles. The van der Waals surface area contributed by atoms with E-state index in [1.165, 1.54) is 13.3 Å². The van der Waals surface area contributed by atoms with Crippen LogP contribution in [0.4, 0.5) is 0 Å². The molecule has 1 aliphatic carbocycles. The second kappa shape index (κ2) is 5.96. The number of hydrogen-bond donors (Lipinski definition) is 1. The number of ketones is 1. The first-order chi connectivity index (χ1) is 11.3. The van der Waals surface area contributed by atoms with E-state index >= 15 is 0 Å². The van der Waals surface area contributed by atoms with Crippen LogP contribution in [0.5, 0.6) is 0 Å². The van der Waals surface area contributed by atoms with E-state index in [9.17, 15) is 9.59 Å². The Hall–Kier alpha value is -2.30. The summed E-state index contributed by atoms with van der Waals surface area (Å²) >= 11 is 0. The zero-order valence-electron chi connectivity index (χ0n) is 14.9. The van der Waals surface area contributed by atoms with Gasteiger partial charge in [0, 0.05) is 24.2 Å². The lowest BCUT2D eigenvalue weighted by molar-refractivity contribution is 0.0769. The molecule has 3 rings (SSSR count). The molecule has 24 heavy (non-hydrogen) atoms. The molecular weight excluding hydrogens is 304 g/mol. The third kappa shape index (κ3) is 2.90. The van der Waals surface area contributed by atoms with Crippen LogP contribution < -0.4 is 0 Å². The second-order valence-corrected chi connectivity index (χ2v) is 6.97. The van der Waals surface area contributed by atoms with Crippen molar-refractivity contribution in [3.8, 4) is 0 Å². The number of H-pyrrole nitrogens is 1. The summed E-state index contributed by atoms with van der Waals surface area (Å²) in [5, 5.41) is 0. The van der Waals surface area contributed by atoms with E-state index in [1.54, 1.807) is 18.9 Å². The highest BCUT2D eigenvalue weighted by atomic mass is 16.3. The van der Waals surface area contributed by atoms with Crippen molar-refractivity contribution >= 4 is 11.7 Å². The lowest BCUT2D eigenvalue weighted by Gasteiger charge is -2.15. The zero-order valence-corrected chi connectivity index (χ0v) is 14.9. The highest BCUT2D eigenvalue weighted by molar-refractivity contribution is 6.02. The Balaban J connectivity index is 1.74. The minimum atomic E-state index is -0.138. The fraction of sp³-hybridized carbons (Fsp3) is 0.474. The highest BCUT2D eigenvalue weighted by Crippen LogP contribution is 2.47. The van der Waals surface area contributed by atoms with Gasteiger partial charge in [-0.05, 0) is 50.8 Å². The number of carbonyl (C=O) groups is 2. The molecule has 1 fully saturated rings. The molecule has 5 nitrogen and oxygen atoms in total. The van der Waals surface area contributed by atoms with Gasteiger partial charge in [0.2, 0.25) is 0 Å². The van der Waals surface area contributed by atoms with Crippen molar-refractivity contribution in [3.05, 3.63) is 46.2 Å². The Morgan fingerprint density at radius 1 is 1.33 bits per heavy atom. The van der Waals surface area contributed by atoms with Gasteiger partial charge in [-0.15, -0.1) is 0 Å². The maximum Gasteiger partial charge on any atom is 0.270 e. The molecule has 1 amide bonds. The molecule has 1 aliphatic rings. The van der Waals surface area contributed by atoms with Crippen LogP contribution in [0.3, 0.4) is 0 Å². The number of nitrogens with zero attached hydrogens (tertiary/aromatic N) is 1. The Labute approximate surface area is 142 Å². The molecule has 5 heteroatoms. The molecule has 2 aromatic rings. The number of aromatic amines is 1. The molecule has 1 N–H and O–H groups in total. The van der Waals surface area contributed by atoms with Crippen molar-refractivity contribution in [1.82, 2.24) is 9.88 Å². The Morgan fingerprint density at radius 2 is 2.00 bits per heavy atom. The van der Waals surface area contributed by atoms with Crippen molar-refractivity contribution in [1.29, 1.82) is 0 Å². The molecule has 0 saturated heterocycles. The van der Waals surface area contributed by atoms with Crippen molar-refractivity contribution in [2.24, 2.45) is 5.92 Å². The summed E-state index contributed by atoms with van der Waals surface area (Å²) in [6.07, 6.45) is 1.18. The van der Waals surface area contributed by atoms with Crippen LogP contribution in [-0.2, 0) is 6.54 Å². The molecule has 0 radical (unpaired) electrons. The Kier molecular flexibility index (Phi) is 4.11. The summed E-state index contributed by atoms with van der Waals surface area (Å²) in [6.45, 7) is 7.76. The SMILES string of the molecule is CC(=O)c1c(C)[nH]c(C(=O)N(C)Cc2ccc(C3CC3C)o2)c1C. The molecule has 1 saturated carbocycles. The van der Waals surface area contributed by atoms with Gasteiger partial charge in [0.05, 0.1) is 6.54 Å². The third-order valence-corrected chi connectivity index (χ3v) is 4.90. The van der Waals surface area contributed by atoms with E-state index in [-0.39, 0.29) is 11.7 Å². The first kappa shape index (κ1) is 16.6. The van der Waals surface area contributed by atoms with Crippen molar-refractivity contribution < 1.29 is 14.0 Å². The first-order valence-corrected chi connectivity index (χ1v) is 8.33. The van der Waals surface area contributed by atoms with Crippen LogP contribution in [0.1, 0.15) is 69.8 Å². The Bertz CT molecular complexity index is 800. The fourth-order valence-corrected chi connectivity index (χ4v) is 3.39. The zero-order chi connectivity index (χ0) is 17.6. The maximum absolute atomic E-state index is 12.7. The molecule has 2 unspecified atom stereocenters. The van der Waals surface area contributed by atoms with Crippen LogP contribution in [0.15, 0.2) is 16.5 Å². The Morgan fingerprint density at radius 3 is 2.54 bits per heavy atom. The van der Waals surface area contributed by atoms with Crippen LogP contribution in [-0.4, -0.2) is 28.6 Å². The van der Waals surface area contributed by atoms with Crippen LogP contribution >= 0.6 is 0 Å². The van der Waals surface area contributed by atoms with Gasteiger partial charge in [-0.3, -0.25) is 9.59 Å². The average molecular weight is 328 g/mol. The number of aryl methyl sites for hydroxylation is 1. The molecule has 2 atom stereocenters. The van der Waals surface area contributed by atoms with E-state index in [1.807, 2.05) is 19.1 Å². The van der Waals surface area contributed by atoms with Crippen LogP contribution in [0, 0.1) is 19.8 Å². The predicted octanol–water partition coefficient (Wildman–Crippen LogP) is 3.82. The number of rotatable bonds is 5. The second-order valence-electron chi connectivity index (χ2n) is 6.97. The van der Waals surface area contributed by atoms with Crippen LogP contribution in [0.25, 0.3) is 0 Å². The number of nitrogens with one attached hydrogen (secondary N) is 1. The van der Waals surface area contributed by atoms with Crippen LogP contribution in [0.2, 0.25) is 0 Å². The summed E-state index contributed by atoms with van der Waals surface area (Å²) < 4.78 is 5.87. The summed E-state index contributed by atoms with van der Waals surface area (Å²) in [7, 11) is 1.74. The number of aromatic nitrogens is 1. The molecule has 128 valence electrons. The van der Waals surface area contributed by atoms with Gasteiger partial charge in [0.1, 0.15) is 17.2 Å². The highest BCUT2D eigenvalue weighted by Gasteiger charge is 2.36. The van der Waals surface area contributed by atoms with E-state index in [4.69, 9.17) is 4.42 Å². The van der Waals surface area contributed by atoms with Crippen molar-refractivity contribution in [3.63, 3.8) is 0 Å². The lowest BCUT2D eigenvalue weighted by atomic mass is 10.1. The quantitative estimate of drug-likeness (QED) is 0.848. The van der Waals surface area contributed by atoms with Gasteiger partial charge < -0.3 is 14.3 Å². The largest absolute Gasteiger partial charge is 0.464 e. The molecule has 2 aromatic heterocycles. The maximum atomic E-state index is 12.7. The number of furan rings is 1. The lowest BCUT2D eigenvalue weighted by Crippen LogP contribution is -2.27. The summed E-state index contributed by atoms with van der Waals surface area (Å²) in [6, 6.07) is 3.96. The molecular formula is C19H24N2O3. The average Bonchev–Trinajstić information content (AvgIpc) is 2.93. The normalized spacial score (nSPS) is 19.4. The van der Waals surface area contributed by atoms with Crippen molar-refractivity contribution in [2.45, 2.75) is 46.6 Å². The molecule has 0 aliphatic heterocycles. The summed E-state index contributed by atoms with van der Waals surface area (Å²) in [4.78, 5) is 29.1. The summed E-state index contributed by atoms with van der Waals surface area (Å²) in [5.41, 5.74) is 2.53. The van der Waals surface area contributed by atoms with Gasteiger partial charge in [-0.1, -0.05) is 6.92 Å². The summed E-state index contributed by atoms with van der Waals surface area (Å²) in [5.74, 6) is 2.86. The van der Waals surface area contributed by atoms with E-state index in [0.717, 1.165) is 17.2 Å². The molecule has 0 spiro atoms. The van der Waals surface area contributed by atoms with Crippen molar-refractivity contribution in [2.75, 3.05) is 7.05 Å². The number of amides is 1. The first-order valence-electron chi connectivity index (χ1n) is 8.33. The number of Topliss-reactive ketones (excluding diaryl/α,β-unsaturated/α-hetero) is 1.